The van der Waals surface area contributed by atoms with Crippen LogP contribution in [0.15, 0.2) is 30.3 Å². The average molecular weight is 586 g/mol. The van der Waals surface area contributed by atoms with E-state index in [1.54, 1.807) is 12.1 Å². The van der Waals surface area contributed by atoms with Gasteiger partial charge in [-0.1, -0.05) is 56.4 Å². The van der Waals surface area contributed by atoms with Gasteiger partial charge in [-0.05, 0) is 43.5 Å². The van der Waals surface area contributed by atoms with Crippen LogP contribution in [0.5, 0.6) is 0 Å². The lowest BCUT2D eigenvalue weighted by molar-refractivity contribution is 0.0878. The van der Waals surface area contributed by atoms with E-state index in [-0.39, 0.29) is 36.1 Å². The van der Waals surface area contributed by atoms with E-state index in [9.17, 15) is 14.0 Å². The third-order valence-corrected chi connectivity index (χ3v) is 8.14. The molecule has 1 aromatic heterocycles. The summed E-state index contributed by atoms with van der Waals surface area (Å²) in [5.41, 5.74) is 3.45. The molecule has 0 spiro atoms. The Morgan fingerprint density at radius 2 is 1.63 bits per heavy atom. The van der Waals surface area contributed by atoms with Crippen LogP contribution in [0.4, 0.5) is 4.39 Å². The molecule has 0 bridgehead atoms. The summed E-state index contributed by atoms with van der Waals surface area (Å²) >= 11 is 0. The minimum absolute atomic E-state index is 0. The molecule has 3 aromatic rings. The maximum atomic E-state index is 14.4. The van der Waals surface area contributed by atoms with Gasteiger partial charge in [-0.2, -0.15) is 0 Å². The van der Waals surface area contributed by atoms with Crippen molar-refractivity contribution >= 4 is 35.1 Å². The molecular weight excluding hydrogens is 545 g/mol. The van der Waals surface area contributed by atoms with Gasteiger partial charge < -0.3 is 10.2 Å². The first-order valence-corrected chi connectivity index (χ1v) is 14.8. The van der Waals surface area contributed by atoms with E-state index in [0.717, 1.165) is 55.5 Å². The van der Waals surface area contributed by atoms with Gasteiger partial charge in [0.15, 0.2) is 0 Å². The number of carbonyl (C=O) groups is 2. The topological polar surface area (TPSA) is 88.5 Å². The molecule has 1 atom stereocenters. The molecule has 1 fully saturated rings. The smallest absolute Gasteiger partial charge is 0.259 e. The number of piperazine rings is 1. The Morgan fingerprint density at radius 1 is 0.951 bits per heavy atom. The summed E-state index contributed by atoms with van der Waals surface area (Å²) in [6, 6.07) is 7.97. The number of carbonyl (C=O) groups excluding carboxylic acids is 2. The first-order chi connectivity index (χ1) is 19.5. The largest absolute Gasteiger partial charge is 0.396 e. The van der Waals surface area contributed by atoms with Gasteiger partial charge in [-0.25, -0.2) is 4.39 Å². The standard InChI is InChI=1S/C31H40FN5O3.ClH/c1-3-4-5-6-7-8-9-10-19-40-37-26-20-22(32)11-12-23(26)29(35-37)24-13-14-25-28(31(39)34-30(25)38)27(24)21(2)36-17-15-33-16-18-36;/h11-14,20-21,33H,3-10,15-19H2,1-2H3,(H,34,38,39);1H. The predicted octanol–water partition coefficient (Wildman–Crippen LogP) is 5.68. The molecule has 8 nitrogen and oxygen atoms in total. The lowest BCUT2D eigenvalue weighted by Crippen LogP contribution is -2.44. The Hall–Kier alpha value is -3.01. The van der Waals surface area contributed by atoms with Crippen LogP contribution in [0.25, 0.3) is 22.2 Å². The molecule has 2 aliphatic rings. The summed E-state index contributed by atoms with van der Waals surface area (Å²) in [7, 11) is 0. The zero-order valence-electron chi connectivity index (χ0n) is 24.0. The van der Waals surface area contributed by atoms with Crippen molar-refractivity contribution in [1.82, 2.24) is 25.5 Å². The molecule has 2 amide bonds. The van der Waals surface area contributed by atoms with Crippen molar-refractivity contribution in [2.75, 3.05) is 32.8 Å². The molecule has 1 unspecified atom stereocenters. The van der Waals surface area contributed by atoms with Gasteiger partial charge in [0.1, 0.15) is 23.6 Å². The molecule has 2 aromatic carbocycles. The van der Waals surface area contributed by atoms with Gasteiger partial charge in [0, 0.05) is 49.2 Å². The minimum atomic E-state index is -0.389. The van der Waals surface area contributed by atoms with Gasteiger partial charge in [-0.15, -0.1) is 17.5 Å². The lowest BCUT2D eigenvalue weighted by Gasteiger charge is -2.34. The first kappa shape index (κ1) is 30.9. The molecular formula is C31H41ClFN5O3. The zero-order chi connectivity index (χ0) is 28.1. The van der Waals surface area contributed by atoms with Crippen molar-refractivity contribution in [1.29, 1.82) is 0 Å². The number of aromatic nitrogens is 2. The molecule has 41 heavy (non-hydrogen) atoms. The monoisotopic (exact) mass is 585 g/mol. The van der Waals surface area contributed by atoms with E-state index in [4.69, 9.17) is 9.94 Å². The second-order valence-electron chi connectivity index (χ2n) is 10.9. The zero-order valence-corrected chi connectivity index (χ0v) is 24.8. The van der Waals surface area contributed by atoms with Crippen LogP contribution >= 0.6 is 12.4 Å². The Morgan fingerprint density at radius 3 is 2.37 bits per heavy atom. The Kier molecular flexibility index (Phi) is 10.8. The van der Waals surface area contributed by atoms with Gasteiger partial charge >= 0.3 is 0 Å². The highest BCUT2D eigenvalue weighted by Crippen LogP contribution is 2.39. The Balaban J connectivity index is 0.00000387. The lowest BCUT2D eigenvalue weighted by atomic mass is 9.89. The Labute approximate surface area is 247 Å². The van der Waals surface area contributed by atoms with Gasteiger partial charge in [0.2, 0.25) is 0 Å². The quantitative estimate of drug-likeness (QED) is 0.198. The molecule has 10 heteroatoms. The van der Waals surface area contributed by atoms with E-state index < -0.39 is 0 Å². The van der Waals surface area contributed by atoms with E-state index in [2.05, 4.69) is 29.4 Å². The van der Waals surface area contributed by atoms with E-state index >= 15 is 0 Å². The molecule has 0 saturated carbocycles. The van der Waals surface area contributed by atoms with E-state index in [1.165, 1.54) is 55.5 Å². The molecule has 1 saturated heterocycles. The molecule has 0 aliphatic carbocycles. The minimum Gasteiger partial charge on any atom is -0.396 e. The van der Waals surface area contributed by atoms with E-state index in [0.29, 0.717) is 28.9 Å². The normalized spacial score (nSPS) is 16.0. The average Bonchev–Trinajstić information content (AvgIpc) is 3.47. The molecule has 0 radical (unpaired) electrons. The number of rotatable bonds is 13. The van der Waals surface area contributed by atoms with Crippen LogP contribution < -0.4 is 15.5 Å². The van der Waals surface area contributed by atoms with Crippen LogP contribution in [0.2, 0.25) is 0 Å². The molecule has 2 aliphatic heterocycles. The van der Waals surface area contributed by atoms with Gasteiger partial charge in [-0.3, -0.25) is 19.8 Å². The number of benzene rings is 2. The van der Waals surface area contributed by atoms with Gasteiger partial charge in [0.25, 0.3) is 11.8 Å². The number of nitrogens with one attached hydrogen (secondary N) is 2. The molecule has 3 heterocycles. The summed E-state index contributed by atoms with van der Waals surface area (Å²) in [5, 5.41) is 11.4. The number of nitrogens with zero attached hydrogens (tertiary/aromatic N) is 3. The maximum absolute atomic E-state index is 14.4. The summed E-state index contributed by atoms with van der Waals surface area (Å²) < 4.78 is 14.4. The molecule has 5 rings (SSSR count). The molecule has 222 valence electrons. The van der Waals surface area contributed by atoms with Crippen LogP contribution in [0, 0.1) is 5.82 Å². The first-order valence-electron chi connectivity index (χ1n) is 14.8. The fraction of sp³-hybridized carbons (Fsp3) is 0.516. The fourth-order valence-corrected chi connectivity index (χ4v) is 5.92. The van der Waals surface area contributed by atoms with Crippen LogP contribution in [0.3, 0.4) is 0 Å². The van der Waals surface area contributed by atoms with Crippen molar-refractivity contribution in [2.45, 2.75) is 71.3 Å². The molecule has 2 N–H and O–H groups in total. The van der Waals surface area contributed by atoms with Crippen molar-refractivity contribution in [3.8, 4) is 11.3 Å². The number of unbranched alkanes of at least 4 members (excludes halogenated alkanes) is 7. The number of fused-ring (bicyclic) bond motifs is 2. The van der Waals surface area contributed by atoms with Crippen molar-refractivity contribution in [2.24, 2.45) is 0 Å². The van der Waals surface area contributed by atoms with Crippen molar-refractivity contribution < 1.29 is 18.8 Å². The van der Waals surface area contributed by atoms with E-state index in [1.807, 2.05) is 6.07 Å². The van der Waals surface area contributed by atoms with Crippen LogP contribution in [0.1, 0.15) is 97.5 Å². The van der Waals surface area contributed by atoms with Crippen molar-refractivity contribution in [3.05, 3.63) is 52.8 Å². The fourth-order valence-electron chi connectivity index (χ4n) is 5.92. The number of amides is 2. The predicted molar refractivity (Wildman–Crippen MR) is 161 cm³/mol. The summed E-state index contributed by atoms with van der Waals surface area (Å²) in [6.07, 6.45) is 9.52. The maximum Gasteiger partial charge on any atom is 0.259 e. The highest BCUT2D eigenvalue weighted by molar-refractivity contribution is 6.23. The third kappa shape index (κ3) is 6.74. The Bertz CT molecular complexity index is 1370. The number of imide groups is 1. The SMILES string of the molecule is CCCCCCCCCCOn1nc(-c2ccc3c(c2C(C)N2CCNCC2)C(=O)NC3=O)c2ccc(F)cc21.Cl. The number of hydrogen-bond donors (Lipinski definition) is 2. The third-order valence-electron chi connectivity index (χ3n) is 8.14. The van der Waals surface area contributed by atoms with Gasteiger partial charge in [0.05, 0.1) is 11.1 Å². The summed E-state index contributed by atoms with van der Waals surface area (Å²) in [5.74, 6) is -1.14. The van der Waals surface area contributed by atoms with Crippen LogP contribution in [-0.2, 0) is 0 Å². The number of hydrogen-bond acceptors (Lipinski definition) is 6. The van der Waals surface area contributed by atoms with Crippen LogP contribution in [-0.4, -0.2) is 59.4 Å². The second-order valence-corrected chi connectivity index (χ2v) is 10.9. The highest BCUT2D eigenvalue weighted by Gasteiger charge is 2.35. The highest BCUT2D eigenvalue weighted by atomic mass is 35.5. The summed E-state index contributed by atoms with van der Waals surface area (Å²) in [6.45, 7) is 8.12. The van der Waals surface area contributed by atoms with Crippen molar-refractivity contribution in [3.63, 3.8) is 0 Å². The number of halogens is 2. The summed E-state index contributed by atoms with van der Waals surface area (Å²) in [4.78, 5) is 35.4. The second kappa shape index (κ2) is 14.2.